The van der Waals surface area contributed by atoms with Gasteiger partial charge < -0.3 is 0 Å². The van der Waals surface area contributed by atoms with Crippen LogP contribution in [0.5, 0.6) is 0 Å². The molecule has 2 heterocycles. The number of nitrogens with zero attached hydrogens (tertiary/aromatic N) is 2. The Hall–Kier alpha value is -1.53. The standard InChI is InChI=1S/C16H19N2P/c1-3-14(4-2)13-19(15-9-5-7-11-17-15)16-10-6-8-12-18-16/h5-13H,3-4H2,1-2H3. The largest absolute Gasteiger partial charge is 0.256 e. The summed E-state index contributed by atoms with van der Waals surface area (Å²) in [6, 6.07) is 12.2. The SMILES string of the molecule is CCC(=CP(c1ccccn1)c1ccccn1)CC. The highest BCUT2D eigenvalue weighted by Crippen LogP contribution is 2.35. The van der Waals surface area contributed by atoms with Gasteiger partial charge in [-0.2, -0.15) is 0 Å². The zero-order valence-electron chi connectivity index (χ0n) is 11.5. The van der Waals surface area contributed by atoms with Gasteiger partial charge in [0.15, 0.2) is 0 Å². The van der Waals surface area contributed by atoms with Gasteiger partial charge in [0.25, 0.3) is 0 Å². The third kappa shape index (κ3) is 3.71. The first kappa shape index (κ1) is 13.9. The predicted molar refractivity (Wildman–Crippen MR) is 83.3 cm³/mol. The summed E-state index contributed by atoms with van der Waals surface area (Å²) in [6.07, 6.45) is 5.90. The van der Waals surface area contributed by atoms with Gasteiger partial charge in [-0.05, 0) is 42.9 Å². The summed E-state index contributed by atoms with van der Waals surface area (Å²) in [5.41, 5.74) is 3.72. The summed E-state index contributed by atoms with van der Waals surface area (Å²) in [4.78, 5) is 9.04. The van der Waals surface area contributed by atoms with Crippen molar-refractivity contribution in [2.75, 3.05) is 0 Å². The maximum absolute atomic E-state index is 4.52. The van der Waals surface area contributed by atoms with Crippen molar-refractivity contribution in [2.24, 2.45) is 0 Å². The first-order valence-corrected chi connectivity index (χ1v) is 8.07. The molecule has 0 atom stereocenters. The highest BCUT2D eigenvalue weighted by Gasteiger charge is 2.13. The van der Waals surface area contributed by atoms with E-state index in [0.29, 0.717) is 0 Å². The van der Waals surface area contributed by atoms with E-state index in [1.54, 1.807) is 0 Å². The fourth-order valence-electron chi connectivity index (χ4n) is 1.86. The van der Waals surface area contributed by atoms with Crippen LogP contribution < -0.4 is 10.9 Å². The topological polar surface area (TPSA) is 25.8 Å². The smallest absolute Gasteiger partial charge is 0.0731 e. The fraction of sp³-hybridized carbons (Fsp3) is 0.250. The highest BCUT2D eigenvalue weighted by atomic mass is 31.1. The van der Waals surface area contributed by atoms with Crippen LogP contribution in [-0.2, 0) is 0 Å². The van der Waals surface area contributed by atoms with E-state index in [2.05, 4.69) is 41.8 Å². The molecule has 2 aromatic heterocycles. The molecule has 3 heteroatoms. The molecule has 0 aliphatic rings. The number of rotatable bonds is 5. The van der Waals surface area contributed by atoms with Crippen molar-refractivity contribution < 1.29 is 0 Å². The lowest BCUT2D eigenvalue weighted by molar-refractivity contribution is 0.983. The fourth-order valence-corrected chi connectivity index (χ4v) is 3.96. The van der Waals surface area contributed by atoms with Gasteiger partial charge in [0.2, 0.25) is 0 Å². The zero-order valence-corrected chi connectivity index (χ0v) is 12.3. The molecule has 0 fully saturated rings. The summed E-state index contributed by atoms with van der Waals surface area (Å²) in [5, 5.41) is 0. The van der Waals surface area contributed by atoms with Crippen LogP contribution in [0.4, 0.5) is 0 Å². The number of hydrogen-bond acceptors (Lipinski definition) is 2. The van der Waals surface area contributed by atoms with Gasteiger partial charge in [0.05, 0.1) is 10.9 Å². The second-order valence-corrected chi connectivity index (χ2v) is 6.15. The highest BCUT2D eigenvalue weighted by molar-refractivity contribution is 7.75. The predicted octanol–water partition coefficient (Wildman–Crippen LogP) is 3.61. The quantitative estimate of drug-likeness (QED) is 0.776. The van der Waals surface area contributed by atoms with Crippen LogP contribution in [0.1, 0.15) is 26.7 Å². The number of pyridine rings is 2. The summed E-state index contributed by atoms with van der Waals surface area (Å²) in [6.45, 7) is 4.42. The Bertz CT molecular complexity index is 477. The van der Waals surface area contributed by atoms with E-state index in [4.69, 9.17) is 0 Å². The van der Waals surface area contributed by atoms with E-state index in [1.807, 2.05) is 36.7 Å². The van der Waals surface area contributed by atoms with E-state index < -0.39 is 7.92 Å². The number of hydrogen-bond donors (Lipinski definition) is 0. The molecule has 0 N–H and O–H groups in total. The van der Waals surface area contributed by atoms with Crippen LogP contribution >= 0.6 is 7.92 Å². The van der Waals surface area contributed by atoms with Gasteiger partial charge in [0.1, 0.15) is 0 Å². The van der Waals surface area contributed by atoms with Crippen LogP contribution in [0, 0.1) is 0 Å². The molecule has 0 aromatic carbocycles. The lowest BCUT2D eigenvalue weighted by atomic mass is 10.2. The normalized spacial score (nSPS) is 10.5. The number of allylic oxidation sites excluding steroid dienone is 1. The number of aromatic nitrogens is 2. The summed E-state index contributed by atoms with van der Waals surface area (Å²) in [7, 11) is -0.586. The molecule has 2 aromatic rings. The van der Waals surface area contributed by atoms with Crippen molar-refractivity contribution in [2.45, 2.75) is 26.7 Å². The van der Waals surface area contributed by atoms with Crippen molar-refractivity contribution >= 4 is 18.8 Å². The molecule has 98 valence electrons. The zero-order chi connectivity index (χ0) is 13.5. The molecule has 0 spiro atoms. The molecule has 0 radical (unpaired) electrons. The monoisotopic (exact) mass is 270 g/mol. The van der Waals surface area contributed by atoms with E-state index in [1.165, 1.54) is 5.57 Å². The molecule has 0 aliphatic heterocycles. The lowest BCUT2D eigenvalue weighted by Crippen LogP contribution is -2.15. The van der Waals surface area contributed by atoms with Gasteiger partial charge in [-0.25, -0.2) is 0 Å². The molecule has 0 amide bonds. The van der Waals surface area contributed by atoms with E-state index >= 15 is 0 Å². The van der Waals surface area contributed by atoms with Crippen molar-refractivity contribution in [3.63, 3.8) is 0 Å². The van der Waals surface area contributed by atoms with Crippen LogP contribution in [0.15, 0.2) is 60.2 Å². The van der Waals surface area contributed by atoms with Crippen molar-refractivity contribution in [3.8, 4) is 0 Å². The van der Waals surface area contributed by atoms with E-state index in [9.17, 15) is 0 Å². The summed E-state index contributed by atoms with van der Waals surface area (Å²) in [5.74, 6) is 2.38. The van der Waals surface area contributed by atoms with Crippen LogP contribution in [0.2, 0.25) is 0 Å². The van der Waals surface area contributed by atoms with Crippen LogP contribution in [0.25, 0.3) is 0 Å². The van der Waals surface area contributed by atoms with Gasteiger partial charge in [-0.15, -0.1) is 0 Å². The first-order valence-electron chi connectivity index (χ1n) is 6.66. The molecule has 0 saturated carbocycles. The second kappa shape index (κ2) is 7.16. The Kier molecular flexibility index (Phi) is 5.23. The first-order chi connectivity index (χ1) is 9.35. The Morgan fingerprint density at radius 2 is 1.47 bits per heavy atom. The molecular weight excluding hydrogens is 251 g/mol. The minimum absolute atomic E-state index is 0.586. The molecule has 19 heavy (non-hydrogen) atoms. The Morgan fingerprint density at radius 3 is 1.84 bits per heavy atom. The Labute approximate surface area is 116 Å². The molecule has 2 nitrogen and oxygen atoms in total. The Balaban J connectivity index is 2.43. The minimum Gasteiger partial charge on any atom is -0.256 e. The molecular formula is C16H19N2P. The van der Waals surface area contributed by atoms with Crippen LogP contribution in [-0.4, -0.2) is 9.97 Å². The lowest BCUT2D eigenvalue weighted by Gasteiger charge is -2.14. The minimum atomic E-state index is -0.586. The third-order valence-electron chi connectivity index (χ3n) is 3.01. The third-order valence-corrected chi connectivity index (χ3v) is 5.15. The van der Waals surface area contributed by atoms with Crippen LogP contribution in [0.3, 0.4) is 0 Å². The average Bonchev–Trinajstić information content (AvgIpc) is 2.50. The van der Waals surface area contributed by atoms with Gasteiger partial charge in [-0.3, -0.25) is 9.97 Å². The molecule has 0 saturated heterocycles. The second-order valence-electron chi connectivity index (χ2n) is 4.24. The van der Waals surface area contributed by atoms with E-state index in [0.717, 1.165) is 23.7 Å². The molecule has 0 unspecified atom stereocenters. The van der Waals surface area contributed by atoms with Gasteiger partial charge in [0, 0.05) is 20.3 Å². The molecule has 0 aliphatic carbocycles. The summed E-state index contributed by atoms with van der Waals surface area (Å²) < 4.78 is 0. The van der Waals surface area contributed by atoms with Crippen molar-refractivity contribution in [3.05, 3.63) is 60.2 Å². The summed E-state index contributed by atoms with van der Waals surface area (Å²) >= 11 is 0. The van der Waals surface area contributed by atoms with Crippen molar-refractivity contribution in [1.29, 1.82) is 0 Å². The molecule has 2 rings (SSSR count). The maximum Gasteiger partial charge on any atom is 0.0731 e. The maximum atomic E-state index is 4.52. The average molecular weight is 270 g/mol. The van der Waals surface area contributed by atoms with Crippen molar-refractivity contribution in [1.82, 2.24) is 9.97 Å². The Morgan fingerprint density at radius 1 is 0.947 bits per heavy atom. The van der Waals surface area contributed by atoms with E-state index in [-0.39, 0.29) is 0 Å². The van der Waals surface area contributed by atoms with Gasteiger partial charge in [-0.1, -0.05) is 31.6 Å². The van der Waals surface area contributed by atoms with Gasteiger partial charge >= 0.3 is 0 Å². The molecule has 0 bridgehead atoms.